The number of pyridine rings is 1. The summed E-state index contributed by atoms with van der Waals surface area (Å²) in [5.74, 6) is 0.557. The first-order valence-corrected chi connectivity index (χ1v) is 10.2. The Morgan fingerprint density at radius 3 is 2.87 bits per heavy atom. The van der Waals surface area contributed by atoms with Gasteiger partial charge in [0.1, 0.15) is 6.04 Å². The molecule has 2 aromatic heterocycles. The summed E-state index contributed by atoms with van der Waals surface area (Å²) >= 11 is 0. The quantitative estimate of drug-likeness (QED) is 0.719. The van der Waals surface area contributed by atoms with Gasteiger partial charge in [0.2, 0.25) is 11.8 Å². The molecule has 1 aliphatic heterocycles. The van der Waals surface area contributed by atoms with Crippen molar-refractivity contribution >= 4 is 23.2 Å². The lowest BCUT2D eigenvalue weighted by molar-refractivity contribution is -0.125. The Kier molecular flexibility index (Phi) is 5.39. The van der Waals surface area contributed by atoms with Crippen LogP contribution in [-0.4, -0.2) is 44.6 Å². The second kappa shape index (κ2) is 8.14. The van der Waals surface area contributed by atoms with Gasteiger partial charge in [-0.3, -0.25) is 19.5 Å². The van der Waals surface area contributed by atoms with Crippen LogP contribution in [0.25, 0.3) is 5.57 Å². The second-order valence-electron chi connectivity index (χ2n) is 7.79. The molecule has 0 saturated heterocycles. The van der Waals surface area contributed by atoms with Gasteiger partial charge in [-0.1, -0.05) is 12.7 Å². The zero-order chi connectivity index (χ0) is 21.3. The molecule has 8 nitrogen and oxygen atoms in total. The highest BCUT2D eigenvalue weighted by molar-refractivity contribution is 5.92. The minimum atomic E-state index is -0.688. The molecule has 2 N–H and O–H groups in total. The summed E-state index contributed by atoms with van der Waals surface area (Å²) in [5, 5.41) is 9.84. The van der Waals surface area contributed by atoms with Crippen LogP contribution in [0.2, 0.25) is 0 Å². The molecule has 2 aromatic rings. The lowest BCUT2D eigenvalue weighted by Crippen LogP contribution is -2.34. The number of carbonyl (C=O) groups excluding carboxylic acids is 2. The number of amides is 2. The molecule has 0 bridgehead atoms. The summed E-state index contributed by atoms with van der Waals surface area (Å²) in [6.07, 6.45) is 7.97. The molecule has 156 valence electrons. The molecule has 8 heteroatoms. The largest absolute Gasteiger partial charge is 0.335 e. The van der Waals surface area contributed by atoms with Crippen molar-refractivity contribution in [2.75, 3.05) is 18.4 Å². The van der Waals surface area contributed by atoms with Gasteiger partial charge >= 0.3 is 0 Å². The molecule has 0 aromatic carbocycles. The number of anilines is 1. The van der Waals surface area contributed by atoms with Crippen LogP contribution in [0, 0.1) is 0 Å². The molecule has 2 amide bonds. The van der Waals surface area contributed by atoms with Gasteiger partial charge in [-0.25, -0.2) is 0 Å². The van der Waals surface area contributed by atoms with E-state index in [-0.39, 0.29) is 17.4 Å². The van der Waals surface area contributed by atoms with Crippen LogP contribution in [0.1, 0.15) is 49.4 Å². The Morgan fingerprint density at radius 1 is 1.37 bits per heavy atom. The fourth-order valence-electron chi connectivity index (χ4n) is 3.64. The lowest BCUT2D eigenvalue weighted by Gasteiger charge is -2.26. The number of aromatic amines is 1. The van der Waals surface area contributed by atoms with E-state index in [2.05, 4.69) is 22.1 Å². The minimum Gasteiger partial charge on any atom is -0.335 e. The molecular formula is C22H25N5O3. The number of hydrogen-bond donors (Lipinski definition) is 2. The van der Waals surface area contributed by atoms with Crippen molar-refractivity contribution in [2.45, 2.75) is 38.1 Å². The average Bonchev–Trinajstić information content (AvgIpc) is 3.51. The van der Waals surface area contributed by atoms with Crippen LogP contribution in [-0.2, 0) is 9.59 Å². The highest BCUT2D eigenvalue weighted by Crippen LogP contribution is 2.39. The minimum absolute atomic E-state index is 0.123. The molecule has 1 unspecified atom stereocenters. The van der Waals surface area contributed by atoms with Crippen LogP contribution in [0.4, 0.5) is 5.82 Å². The third-order valence-electron chi connectivity index (χ3n) is 5.62. The third-order valence-corrected chi connectivity index (χ3v) is 5.62. The summed E-state index contributed by atoms with van der Waals surface area (Å²) < 4.78 is 1.39. The van der Waals surface area contributed by atoms with E-state index < -0.39 is 6.04 Å². The molecule has 0 spiro atoms. The topological polar surface area (TPSA) is 100 Å². The molecule has 2 aliphatic rings. The SMILES string of the molecule is C=CC(=O)N1CCC=C(c2ccn(C(C)C(=O)Nc3cc(C4CC4)[nH]n3)c(=O)c2)C1. The number of aromatic nitrogens is 3. The van der Waals surface area contributed by atoms with E-state index in [0.717, 1.165) is 36.1 Å². The van der Waals surface area contributed by atoms with Crippen molar-refractivity contribution in [2.24, 2.45) is 0 Å². The maximum atomic E-state index is 12.7. The van der Waals surface area contributed by atoms with E-state index >= 15 is 0 Å². The van der Waals surface area contributed by atoms with Gasteiger partial charge in [-0.15, -0.1) is 0 Å². The summed E-state index contributed by atoms with van der Waals surface area (Å²) in [4.78, 5) is 38.9. The number of rotatable bonds is 6. The molecule has 1 aliphatic carbocycles. The smallest absolute Gasteiger partial charge is 0.251 e. The molecule has 1 fully saturated rings. The maximum absolute atomic E-state index is 12.7. The molecule has 1 saturated carbocycles. The van der Waals surface area contributed by atoms with E-state index in [1.165, 1.54) is 16.7 Å². The van der Waals surface area contributed by atoms with Crippen molar-refractivity contribution in [3.63, 3.8) is 0 Å². The van der Waals surface area contributed by atoms with Crippen molar-refractivity contribution in [1.82, 2.24) is 19.7 Å². The third kappa shape index (κ3) is 4.12. The Balaban J connectivity index is 1.46. The first-order chi connectivity index (χ1) is 14.5. The number of nitrogens with one attached hydrogen (secondary N) is 2. The zero-order valence-electron chi connectivity index (χ0n) is 16.9. The van der Waals surface area contributed by atoms with E-state index in [1.54, 1.807) is 24.1 Å². The Morgan fingerprint density at radius 2 is 2.17 bits per heavy atom. The van der Waals surface area contributed by atoms with Crippen molar-refractivity contribution in [3.8, 4) is 0 Å². The standard InChI is InChI=1S/C22H25N5O3/c1-3-20(28)26-9-4-5-17(13-26)16-8-10-27(21(29)11-16)14(2)22(30)23-19-12-18(24-25-19)15-6-7-15/h3,5,8,10-12,14-15H,1,4,6-7,9,13H2,2H3,(H2,23,24,25,30). The Bertz CT molecular complexity index is 1080. The van der Waals surface area contributed by atoms with Crippen LogP contribution in [0.5, 0.6) is 0 Å². The highest BCUT2D eigenvalue weighted by Gasteiger charge is 2.26. The number of hydrogen-bond acceptors (Lipinski definition) is 4. The molecule has 0 radical (unpaired) electrons. The second-order valence-corrected chi connectivity index (χ2v) is 7.79. The summed E-state index contributed by atoms with van der Waals surface area (Å²) in [7, 11) is 0. The first-order valence-electron chi connectivity index (χ1n) is 10.2. The van der Waals surface area contributed by atoms with E-state index in [4.69, 9.17) is 0 Å². The van der Waals surface area contributed by atoms with Crippen molar-refractivity contribution in [1.29, 1.82) is 0 Å². The Labute approximate surface area is 174 Å². The maximum Gasteiger partial charge on any atom is 0.251 e. The van der Waals surface area contributed by atoms with Crippen LogP contribution >= 0.6 is 0 Å². The number of carbonyl (C=O) groups is 2. The van der Waals surface area contributed by atoms with E-state index in [0.29, 0.717) is 24.8 Å². The molecule has 3 heterocycles. The monoisotopic (exact) mass is 407 g/mol. The fraction of sp³-hybridized carbons (Fsp3) is 0.364. The van der Waals surface area contributed by atoms with Crippen LogP contribution in [0.3, 0.4) is 0 Å². The fourth-order valence-corrected chi connectivity index (χ4v) is 3.64. The average molecular weight is 407 g/mol. The lowest BCUT2D eigenvalue weighted by atomic mass is 10.0. The van der Waals surface area contributed by atoms with Crippen molar-refractivity contribution < 1.29 is 9.59 Å². The summed E-state index contributed by atoms with van der Waals surface area (Å²) in [6, 6.07) is 4.47. The molecular weight excluding hydrogens is 382 g/mol. The van der Waals surface area contributed by atoms with E-state index in [1.807, 2.05) is 12.1 Å². The van der Waals surface area contributed by atoms with Gasteiger partial charge in [-0.2, -0.15) is 5.10 Å². The van der Waals surface area contributed by atoms with Gasteiger partial charge in [0, 0.05) is 43.0 Å². The number of nitrogens with zero attached hydrogens (tertiary/aromatic N) is 3. The molecule has 30 heavy (non-hydrogen) atoms. The van der Waals surface area contributed by atoms with Gasteiger partial charge < -0.3 is 14.8 Å². The predicted molar refractivity (Wildman–Crippen MR) is 114 cm³/mol. The van der Waals surface area contributed by atoms with Crippen molar-refractivity contribution in [3.05, 3.63) is 64.7 Å². The van der Waals surface area contributed by atoms with Gasteiger partial charge in [0.15, 0.2) is 5.82 Å². The normalized spacial score (nSPS) is 17.2. The van der Waals surface area contributed by atoms with Crippen LogP contribution < -0.4 is 10.9 Å². The van der Waals surface area contributed by atoms with Gasteiger partial charge in [0.05, 0.1) is 0 Å². The summed E-state index contributed by atoms with van der Waals surface area (Å²) in [6.45, 7) is 6.28. The number of H-pyrrole nitrogens is 1. The molecule has 4 rings (SSSR count). The van der Waals surface area contributed by atoms with E-state index in [9.17, 15) is 14.4 Å². The van der Waals surface area contributed by atoms with Gasteiger partial charge in [-0.05, 0) is 49.5 Å². The van der Waals surface area contributed by atoms with Gasteiger partial charge in [0.25, 0.3) is 5.56 Å². The Hall–Kier alpha value is -3.42. The summed E-state index contributed by atoms with van der Waals surface area (Å²) in [5.41, 5.74) is 2.43. The molecule has 1 atom stereocenters. The zero-order valence-corrected chi connectivity index (χ0v) is 16.9. The highest BCUT2D eigenvalue weighted by atomic mass is 16.2. The first kappa shape index (κ1) is 19.9. The van der Waals surface area contributed by atoms with Crippen LogP contribution in [0.15, 0.2) is 47.9 Å². The predicted octanol–water partition coefficient (Wildman–Crippen LogP) is 2.45.